The highest BCUT2D eigenvalue weighted by Gasteiger charge is 2.48. The fraction of sp³-hybridized carbons (Fsp3) is 0.875. The zero-order chi connectivity index (χ0) is 10.1. The van der Waals surface area contributed by atoms with Crippen LogP contribution in [0.5, 0.6) is 0 Å². The number of methoxy groups -OCH3 is 1. The minimum absolute atomic E-state index is 0.186. The summed E-state index contributed by atoms with van der Waals surface area (Å²) in [6.07, 6.45) is -1.49. The molecule has 2 N–H and O–H groups in total. The molecule has 0 radical (unpaired) electrons. The molecule has 2 aliphatic rings. The Morgan fingerprint density at radius 2 is 2.21 bits per heavy atom. The van der Waals surface area contributed by atoms with Crippen molar-refractivity contribution in [2.75, 3.05) is 20.3 Å². The second kappa shape index (κ2) is 3.72. The normalized spacial score (nSPS) is 40.7. The van der Waals surface area contributed by atoms with Crippen LogP contribution in [0.2, 0.25) is 0 Å². The van der Waals surface area contributed by atoms with Gasteiger partial charge >= 0.3 is 6.09 Å². The van der Waals surface area contributed by atoms with Crippen molar-refractivity contribution in [1.29, 1.82) is 0 Å². The first kappa shape index (κ1) is 9.70. The number of aliphatic hydroxyl groups is 1. The van der Waals surface area contributed by atoms with Crippen LogP contribution < -0.4 is 5.32 Å². The molecule has 2 fully saturated rings. The molecule has 0 unspecified atom stereocenters. The van der Waals surface area contributed by atoms with Crippen molar-refractivity contribution < 1.29 is 24.1 Å². The second-order valence-corrected chi connectivity index (χ2v) is 3.42. The summed E-state index contributed by atoms with van der Waals surface area (Å²) in [7, 11) is 1.30. The van der Waals surface area contributed by atoms with E-state index in [9.17, 15) is 9.90 Å². The Morgan fingerprint density at radius 3 is 2.93 bits per heavy atom. The standard InChI is InChI=1S/C8H13NO5/c1-12-8(11)9-4-2-13-7-6(4)5(10)3-14-7/h4-7,10H,2-3H2,1H3,(H,9,11)/t4-,5-,6-,7+/m0/s1. The number of ether oxygens (including phenoxy) is 3. The van der Waals surface area contributed by atoms with E-state index in [1.54, 1.807) is 0 Å². The summed E-state index contributed by atoms with van der Waals surface area (Å²) in [5.41, 5.74) is 0. The highest BCUT2D eigenvalue weighted by atomic mass is 16.7. The van der Waals surface area contributed by atoms with E-state index in [0.29, 0.717) is 6.61 Å². The molecule has 2 aliphatic heterocycles. The smallest absolute Gasteiger partial charge is 0.407 e. The minimum Gasteiger partial charge on any atom is -0.453 e. The molecule has 80 valence electrons. The van der Waals surface area contributed by atoms with Crippen molar-refractivity contribution in [3.05, 3.63) is 0 Å². The highest BCUT2D eigenvalue weighted by molar-refractivity contribution is 5.67. The third-order valence-electron chi connectivity index (χ3n) is 2.58. The molecule has 0 aromatic carbocycles. The van der Waals surface area contributed by atoms with E-state index in [0.717, 1.165) is 0 Å². The van der Waals surface area contributed by atoms with Crippen molar-refractivity contribution in [3.8, 4) is 0 Å². The lowest BCUT2D eigenvalue weighted by molar-refractivity contribution is -0.0907. The number of carbonyl (C=O) groups excluding carboxylic acids is 1. The van der Waals surface area contributed by atoms with Crippen LogP contribution in [0.4, 0.5) is 4.79 Å². The van der Waals surface area contributed by atoms with Gasteiger partial charge in [-0.05, 0) is 0 Å². The fourth-order valence-corrected chi connectivity index (χ4v) is 1.87. The Labute approximate surface area is 81.1 Å². The lowest BCUT2D eigenvalue weighted by Crippen LogP contribution is -2.43. The van der Waals surface area contributed by atoms with Gasteiger partial charge in [-0.2, -0.15) is 0 Å². The molecule has 14 heavy (non-hydrogen) atoms. The maximum absolute atomic E-state index is 11.0. The number of hydrogen-bond donors (Lipinski definition) is 2. The van der Waals surface area contributed by atoms with Crippen LogP contribution in [-0.4, -0.2) is 50.0 Å². The number of hydrogen-bond acceptors (Lipinski definition) is 5. The van der Waals surface area contributed by atoms with Crippen molar-refractivity contribution in [2.45, 2.75) is 18.4 Å². The van der Waals surface area contributed by atoms with Gasteiger partial charge in [-0.25, -0.2) is 4.79 Å². The maximum Gasteiger partial charge on any atom is 0.407 e. The Bertz CT molecular complexity index is 234. The van der Waals surface area contributed by atoms with Gasteiger partial charge in [0.1, 0.15) is 0 Å². The highest BCUT2D eigenvalue weighted by Crippen LogP contribution is 2.31. The summed E-state index contributed by atoms with van der Waals surface area (Å²) in [4.78, 5) is 11.0. The van der Waals surface area contributed by atoms with E-state index in [4.69, 9.17) is 9.47 Å². The first-order valence-electron chi connectivity index (χ1n) is 4.48. The summed E-state index contributed by atoms with van der Waals surface area (Å²) in [5.74, 6) is -0.186. The van der Waals surface area contributed by atoms with Gasteiger partial charge in [0.15, 0.2) is 6.29 Å². The zero-order valence-electron chi connectivity index (χ0n) is 7.80. The molecule has 0 spiro atoms. The molecule has 0 bridgehead atoms. The summed E-state index contributed by atoms with van der Waals surface area (Å²) in [6.45, 7) is 0.607. The SMILES string of the molecule is COC(=O)N[C@H]1CO[C@@H]2OC[C@H](O)[C@@H]21. The number of rotatable bonds is 1. The molecule has 6 heteroatoms. The van der Waals surface area contributed by atoms with Gasteiger partial charge in [-0.15, -0.1) is 0 Å². The van der Waals surface area contributed by atoms with Crippen molar-refractivity contribution >= 4 is 6.09 Å². The van der Waals surface area contributed by atoms with Crippen LogP contribution >= 0.6 is 0 Å². The van der Waals surface area contributed by atoms with E-state index in [1.807, 2.05) is 0 Å². The average molecular weight is 203 g/mol. The Kier molecular flexibility index (Phi) is 2.58. The van der Waals surface area contributed by atoms with E-state index in [-0.39, 0.29) is 18.6 Å². The maximum atomic E-state index is 11.0. The Hall–Kier alpha value is -0.850. The van der Waals surface area contributed by atoms with Crippen LogP contribution in [0.1, 0.15) is 0 Å². The number of fused-ring (bicyclic) bond motifs is 1. The monoisotopic (exact) mass is 203 g/mol. The molecule has 6 nitrogen and oxygen atoms in total. The molecular formula is C8H13NO5. The Morgan fingerprint density at radius 1 is 1.50 bits per heavy atom. The van der Waals surface area contributed by atoms with Gasteiger partial charge in [0.2, 0.25) is 0 Å². The van der Waals surface area contributed by atoms with Crippen molar-refractivity contribution in [3.63, 3.8) is 0 Å². The first-order valence-corrected chi connectivity index (χ1v) is 4.48. The van der Waals surface area contributed by atoms with Crippen LogP contribution in [0.15, 0.2) is 0 Å². The van der Waals surface area contributed by atoms with Gasteiger partial charge in [-0.1, -0.05) is 0 Å². The zero-order valence-corrected chi connectivity index (χ0v) is 7.80. The van der Waals surface area contributed by atoms with Crippen LogP contribution in [0.25, 0.3) is 0 Å². The predicted octanol–water partition coefficient (Wildman–Crippen LogP) is -0.925. The van der Waals surface area contributed by atoms with Crippen LogP contribution in [0, 0.1) is 5.92 Å². The quantitative estimate of drug-likeness (QED) is 0.576. The summed E-state index contributed by atoms with van der Waals surface area (Å²) in [6, 6.07) is -0.232. The van der Waals surface area contributed by atoms with Gasteiger partial charge < -0.3 is 24.6 Å². The lowest BCUT2D eigenvalue weighted by atomic mass is 9.98. The van der Waals surface area contributed by atoms with E-state index in [2.05, 4.69) is 10.1 Å². The first-order chi connectivity index (χ1) is 6.72. The molecule has 1 amide bonds. The molecule has 4 atom stereocenters. The van der Waals surface area contributed by atoms with Gasteiger partial charge in [0.05, 0.1) is 38.4 Å². The van der Waals surface area contributed by atoms with Crippen LogP contribution in [0.3, 0.4) is 0 Å². The van der Waals surface area contributed by atoms with Gasteiger partial charge in [0.25, 0.3) is 0 Å². The number of aliphatic hydroxyl groups excluding tert-OH is 1. The third-order valence-corrected chi connectivity index (χ3v) is 2.58. The van der Waals surface area contributed by atoms with Crippen molar-refractivity contribution in [1.82, 2.24) is 5.32 Å². The Balaban J connectivity index is 1.96. The largest absolute Gasteiger partial charge is 0.453 e. The predicted molar refractivity (Wildman–Crippen MR) is 44.5 cm³/mol. The average Bonchev–Trinajstić information content (AvgIpc) is 2.71. The molecule has 2 saturated heterocycles. The van der Waals surface area contributed by atoms with E-state index < -0.39 is 18.5 Å². The third kappa shape index (κ3) is 1.56. The number of alkyl carbamates (subject to hydrolysis) is 1. The van der Waals surface area contributed by atoms with Gasteiger partial charge in [-0.3, -0.25) is 0 Å². The van der Waals surface area contributed by atoms with Crippen molar-refractivity contribution in [2.24, 2.45) is 5.92 Å². The molecule has 0 aliphatic carbocycles. The second-order valence-electron chi connectivity index (χ2n) is 3.42. The molecule has 0 aromatic rings. The molecule has 2 rings (SSSR count). The fourth-order valence-electron chi connectivity index (χ4n) is 1.87. The van der Waals surface area contributed by atoms with Gasteiger partial charge in [0, 0.05) is 0 Å². The molecule has 2 heterocycles. The summed E-state index contributed by atoms with van der Waals surface area (Å²) in [5, 5.41) is 12.2. The molecule has 0 aromatic heterocycles. The van der Waals surface area contributed by atoms with E-state index in [1.165, 1.54) is 7.11 Å². The number of carbonyl (C=O) groups is 1. The molecular weight excluding hydrogens is 190 g/mol. The molecule has 0 saturated carbocycles. The van der Waals surface area contributed by atoms with E-state index >= 15 is 0 Å². The lowest BCUT2D eigenvalue weighted by Gasteiger charge is -2.18. The summed E-state index contributed by atoms with van der Waals surface area (Å²) >= 11 is 0. The summed E-state index contributed by atoms with van der Waals surface area (Å²) < 4.78 is 14.9. The topological polar surface area (TPSA) is 77.0 Å². The number of amides is 1. The number of nitrogens with one attached hydrogen (secondary N) is 1. The van der Waals surface area contributed by atoms with Crippen LogP contribution in [-0.2, 0) is 14.2 Å². The minimum atomic E-state index is -0.579.